The molecular weight excluding hydrogens is 248 g/mol. The van der Waals surface area contributed by atoms with Gasteiger partial charge in [-0.2, -0.15) is 0 Å². The summed E-state index contributed by atoms with van der Waals surface area (Å²) in [6, 6.07) is 1.80. The molecule has 0 bridgehead atoms. The van der Waals surface area contributed by atoms with Gasteiger partial charge in [-0.25, -0.2) is 14.8 Å². The topological polar surface area (TPSA) is 78.8 Å². The summed E-state index contributed by atoms with van der Waals surface area (Å²) in [6.45, 7) is 4.63. The maximum Gasteiger partial charge on any atom is 0.409 e. The molecule has 0 unspecified atom stereocenters. The van der Waals surface area contributed by atoms with Crippen LogP contribution in [0.5, 0.6) is 0 Å². The number of ether oxygens (including phenoxy) is 1. The Morgan fingerprint density at radius 3 is 2.79 bits per heavy atom. The first-order chi connectivity index (χ1) is 9.24. The van der Waals surface area contributed by atoms with Gasteiger partial charge in [0.1, 0.15) is 12.4 Å². The van der Waals surface area contributed by atoms with Gasteiger partial charge in [-0.15, -0.1) is 0 Å². The van der Waals surface area contributed by atoms with Gasteiger partial charge in [0.25, 0.3) is 0 Å². The molecule has 7 heteroatoms. The van der Waals surface area contributed by atoms with Crippen LogP contribution in [0.15, 0.2) is 12.3 Å². The van der Waals surface area contributed by atoms with Crippen LogP contribution in [0.3, 0.4) is 0 Å². The molecule has 104 valence electrons. The minimum Gasteiger partial charge on any atom is -0.450 e. The van der Waals surface area contributed by atoms with Crippen molar-refractivity contribution in [1.82, 2.24) is 14.9 Å². The highest BCUT2D eigenvalue weighted by Crippen LogP contribution is 2.13. The van der Waals surface area contributed by atoms with Crippen LogP contribution in [-0.2, 0) is 11.3 Å². The number of amides is 1. The Hall–Kier alpha value is -1.89. The molecule has 2 heterocycles. The number of nitrogens with zero attached hydrogens (tertiary/aromatic N) is 4. The van der Waals surface area contributed by atoms with Gasteiger partial charge in [-0.3, -0.25) is 0 Å². The van der Waals surface area contributed by atoms with Gasteiger partial charge in [0.2, 0.25) is 0 Å². The van der Waals surface area contributed by atoms with Crippen LogP contribution >= 0.6 is 0 Å². The maximum atomic E-state index is 11.6. The molecule has 1 aromatic rings. The lowest BCUT2D eigenvalue weighted by atomic mass is 10.3. The second kappa shape index (κ2) is 6.33. The summed E-state index contributed by atoms with van der Waals surface area (Å²) in [6.07, 6.45) is 1.37. The summed E-state index contributed by atoms with van der Waals surface area (Å²) in [4.78, 5) is 23.5. The van der Waals surface area contributed by atoms with E-state index in [1.54, 1.807) is 24.1 Å². The highest BCUT2D eigenvalue weighted by atomic mass is 16.6. The molecular formula is C12H18N4O3. The van der Waals surface area contributed by atoms with Crippen LogP contribution in [0.25, 0.3) is 0 Å². The Kier molecular flexibility index (Phi) is 4.51. The van der Waals surface area contributed by atoms with Gasteiger partial charge in [0.05, 0.1) is 6.61 Å². The quantitative estimate of drug-likeness (QED) is 0.844. The van der Waals surface area contributed by atoms with E-state index in [4.69, 9.17) is 9.84 Å². The number of aliphatic hydroxyl groups is 1. The number of carbonyl (C=O) groups excluding carboxylic acids is 1. The normalized spacial score (nSPS) is 15.5. The second-order valence-corrected chi connectivity index (χ2v) is 4.16. The minimum atomic E-state index is -0.263. The number of aromatic nitrogens is 2. The van der Waals surface area contributed by atoms with Crippen molar-refractivity contribution in [2.24, 2.45) is 0 Å². The summed E-state index contributed by atoms with van der Waals surface area (Å²) < 4.78 is 4.97. The van der Waals surface area contributed by atoms with E-state index in [1.165, 1.54) is 0 Å². The molecule has 0 atom stereocenters. The number of carbonyl (C=O) groups is 1. The minimum absolute atomic E-state index is 0.170. The first kappa shape index (κ1) is 13.5. The van der Waals surface area contributed by atoms with Gasteiger partial charge in [-0.05, 0) is 13.0 Å². The third kappa shape index (κ3) is 3.31. The zero-order valence-electron chi connectivity index (χ0n) is 10.9. The molecule has 1 fully saturated rings. The van der Waals surface area contributed by atoms with E-state index >= 15 is 0 Å². The third-order valence-corrected chi connectivity index (χ3v) is 2.96. The van der Waals surface area contributed by atoms with E-state index in [2.05, 4.69) is 14.9 Å². The molecule has 0 aromatic carbocycles. The van der Waals surface area contributed by atoms with Crippen molar-refractivity contribution in [1.29, 1.82) is 0 Å². The van der Waals surface area contributed by atoms with Gasteiger partial charge >= 0.3 is 6.09 Å². The SMILES string of the molecule is CCOC(=O)N1CCN(c2ccnc(CO)n2)CC1. The molecule has 1 aliphatic rings. The van der Waals surface area contributed by atoms with Crippen LogP contribution in [0.1, 0.15) is 12.7 Å². The van der Waals surface area contributed by atoms with E-state index in [1.807, 2.05) is 0 Å². The first-order valence-electron chi connectivity index (χ1n) is 6.34. The summed E-state index contributed by atoms with van der Waals surface area (Å²) in [5.74, 6) is 1.19. The van der Waals surface area contributed by atoms with Crippen molar-refractivity contribution in [3.05, 3.63) is 18.1 Å². The molecule has 19 heavy (non-hydrogen) atoms. The van der Waals surface area contributed by atoms with E-state index in [0.717, 1.165) is 5.82 Å². The number of hydrogen-bond donors (Lipinski definition) is 1. The molecule has 7 nitrogen and oxygen atoms in total. The van der Waals surface area contributed by atoms with Crippen LogP contribution < -0.4 is 4.90 Å². The predicted octanol–water partition coefficient (Wildman–Crippen LogP) is 0.247. The second-order valence-electron chi connectivity index (χ2n) is 4.16. The van der Waals surface area contributed by atoms with Crippen LogP contribution in [0.4, 0.5) is 10.6 Å². The summed E-state index contributed by atoms with van der Waals surface area (Å²) >= 11 is 0. The molecule has 0 saturated carbocycles. The zero-order chi connectivity index (χ0) is 13.7. The monoisotopic (exact) mass is 266 g/mol. The largest absolute Gasteiger partial charge is 0.450 e. The van der Waals surface area contributed by atoms with Gasteiger partial charge in [0.15, 0.2) is 5.82 Å². The molecule has 1 aromatic heterocycles. The van der Waals surface area contributed by atoms with Gasteiger partial charge < -0.3 is 19.6 Å². The average molecular weight is 266 g/mol. The van der Waals surface area contributed by atoms with Crippen LogP contribution in [0.2, 0.25) is 0 Å². The average Bonchev–Trinajstić information content (AvgIpc) is 2.48. The third-order valence-electron chi connectivity index (χ3n) is 2.96. The Morgan fingerprint density at radius 2 is 2.16 bits per heavy atom. The zero-order valence-corrected chi connectivity index (χ0v) is 10.9. The Labute approximate surface area is 111 Å². The summed E-state index contributed by atoms with van der Waals surface area (Å²) in [7, 11) is 0. The number of rotatable bonds is 3. The molecule has 1 amide bonds. The van der Waals surface area contributed by atoms with Crippen LogP contribution in [-0.4, -0.2) is 58.9 Å². The van der Waals surface area contributed by atoms with Crippen molar-refractivity contribution in [2.75, 3.05) is 37.7 Å². The van der Waals surface area contributed by atoms with Crippen molar-refractivity contribution < 1.29 is 14.6 Å². The fourth-order valence-electron chi connectivity index (χ4n) is 1.97. The van der Waals surface area contributed by atoms with E-state index in [9.17, 15) is 4.79 Å². The molecule has 0 radical (unpaired) electrons. The van der Waals surface area contributed by atoms with Crippen molar-refractivity contribution >= 4 is 11.9 Å². The molecule has 0 aliphatic carbocycles. The predicted molar refractivity (Wildman–Crippen MR) is 68.8 cm³/mol. The van der Waals surface area contributed by atoms with Crippen molar-refractivity contribution in [3.8, 4) is 0 Å². The number of aliphatic hydroxyl groups excluding tert-OH is 1. The number of hydrogen-bond acceptors (Lipinski definition) is 6. The van der Waals surface area contributed by atoms with E-state index in [-0.39, 0.29) is 12.7 Å². The molecule has 1 aliphatic heterocycles. The molecule has 0 spiro atoms. The maximum absolute atomic E-state index is 11.6. The molecule has 1 N–H and O–H groups in total. The Balaban J connectivity index is 1.94. The van der Waals surface area contributed by atoms with Crippen LogP contribution in [0, 0.1) is 0 Å². The number of piperazine rings is 1. The lowest BCUT2D eigenvalue weighted by molar-refractivity contribution is 0.105. The molecule has 1 saturated heterocycles. The Morgan fingerprint density at radius 1 is 1.42 bits per heavy atom. The fourth-order valence-corrected chi connectivity index (χ4v) is 1.97. The first-order valence-corrected chi connectivity index (χ1v) is 6.34. The highest BCUT2D eigenvalue weighted by Gasteiger charge is 2.22. The van der Waals surface area contributed by atoms with Crippen molar-refractivity contribution in [2.45, 2.75) is 13.5 Å². The van der Waals surface area contributed by atoms with Gasteiger partial charge in [0, 0.05) is 32.4 Å². The summed E-state index contributed by atoms with van der Waals surface area (Å²) in [5.41, 5.74) is 0. The smallest absolute Gasteiger partial charge is 0.409 e. The number of anilines is 1. The lowest BCUT2D eigenvalue weighted by Crippen LogP contribution is -2.49. The van der Waals surface area contributed by atoms with Crippen molar-refractivity contribution in [3.63, 3.8) is 0 Å². The van der Waals surface area contributed by atoms with E-state index < -0.39 is 0 Å². The standard InChI is InChI=1S/C12H18N4O3/c1-2-19-12(18)16-7-5-15(6-8-16)11-3-4-13-10(9-17)14-11/h3-4,17H,2,5-9H2,1H3. The lowest BCUT2D eigenvalue weighted by Gasteiger charge is -2.34. The fraction of sp³-hybridized carbons (Fsp3) is 0.583. The summed E-state index contributed by atoms with van der Waals surface area (Å²) in [5, 5.41) is 9.02. The van der Waals surface area contributed by atoms with E-state index in [0.29, 0.717) is 38.6 Å². The molecule has 2 rings (SSSR count). The highest BCUT2D eigenvalue weighted by molar-refractivity contribution is 5.68. The van der Waals surface area contributed by atoms with Gasteiger partial charge in [-0.1, -0.05) is 0 Å². The Bertz CT molecular complexity index is 433.